The summed E-state index contributed by atoms with van der Waals surface area (Å²) in [5.74, 6) is -3.01. The molecule has 7 amide bonds. The van der Waals surface area contributed by atoms with Crippen LogP contribution in [0.2, 0.25) is 0 Å². The van der Waals surface area contributed by atoms with E-state index in [1.165, 1.54) is 6.92 Å². The van der Waals surface area contributed by atoms with Gasteiger partial charge in [-0.25, -0.2) is 4.79 Å². The molecule has 0 spiro atoms. The zero-order valence-electron chi connectivity index (χ0n) is 22.2. The quantitative estimate of drug-likeness (QED) is 0.0962. The van der Waals surface area contributed by atoms with Gasteiger partial charge in [-0.05, 0) is 43.4 Å². The lowest BCUT2D eigenvalue weighted by atomic mass is 9.67. The third-order valence-corrected chi connectivity index (χ3v) is 6.88. The molecule has 0 unspecified atom stereocenters. The number of likely N-dealkylation sites (tertiary alicyclic amines) is 1. The summed E-state index contributed by atoms with van der Waals surface area (Å²) in [7, 11) is 0. The number of carbonyl (C=O) groups is 7. The summed E-state index contributed by atoms with van der Waals surface area (Å²) in [5.41, 5.74) is 4.80. The molecular formula is C26H34N6O8. The molecule has 1 saturated heterocycles. The minimum absolute atomic E-state index is 0.0800. The molecule has 1 aromatic rings. The number of primary amides is 1. The molecule has 1 aliphatic carbocycles. The smallest absolute Gasteiger partial charge is 0.312 e. The fraction of sp³-hybridized carbons (Fsp3) is 0.500. The maximum Gasteiger partial charge on any atom is 0.312 e. The summed E-state index contributed by atoms with van der Waals surface area (Å²) in [6, 6.07) is 4.81. The van der Waals surface area contributed by atoms with Gasteiger partial charge in [0.2, 0.25) is 29.5 Å². The highest BCUT2D eigenvalue weighted by molar-refractivity contribution is 6.08. The standard InChI is InChI=1S/C26H34N6O8/c1-16(33)40-14-17-5-7-18(8-6-17)30-22(36)19(4-2-13-28-25(27)39)31-24(38)26(11-3-12-26)23(37)29-15-32-20(34)9-10-21(32)35/h5-8,19H,2-4,9-15H2,1H3,(H,29,37)(H,30,36)(H,31,38)(H3,27,28,39)/t19-/m0/s1. The lowest BCUT2D eigenvalue weighted by molar-refractivity contribution is -0.151. The average Bonchev–Trinajstić information content (AvgIpc) is 3.19. The summed E-state index contributed by atoms with van der Waals surface area (Å²) >= 11 is 0. The maximum atomic E-state index is 13.4. The van der Waals surface area contributed by atoms with E-state index < -0.39 is 53.0 Å². The van der Waals surface area contributed by atoms with Gasteiger partial charge >= 0.3 is 12.0 Å². The van der Waals surface area contributed by atoms with E-state index in [0.29, 0.717) is 24.1 Å². The molecule has 1 saturated carbocycles. The molecule has 1 heterocycles. The number of nitrogens with two attached hydrogens (primary N) is 1. The highest BCUT2D eigenvalue weighted by Crippen LogP contribution is 2.41. The molecular weight excluding hydrogens is 524 g/mol. The Bertz CT molecular complexity index is 1150. The topological polar surface area (TPSA) is 206 Å². The molecule has 2 aliphatic rings. The van der Waals surface area contributed by atoms with Gasteiger partial charge in [0.05, 0.1) is 0 Å². The number of esters is 1. The van der Waals surface area contributed by atoms with Gasteiger partial charge in [-0.1, -0.05) is 18.6 Å². The Morgan fingerprint density at radius 2 is 1.65 bits per heavy atom. The zero-order valence-corrected chi connectivity index (χ0v) is 22.2. The predicted molar refractivity (Wildman–Crippen MR) is 140 cm³/mol. The second-order valence-corrected chi connectivity index (χ2v) is 9.74. The zero-order chi connectivity index (χ0) is 29.3. The summed E-state index contributed by atoms with van der Waals surface area (Å²) in [6.45, 7) is 1.24. The number of anilines is 1. The van der Waals surface area contributed by atoms with Crippen LogP contribution in [0.5, 0.6) is 0 Å². The van der Waals surface area contributed by atoms with Crippen LogP contribution in [-0.2, 0) is 40.1 Å². The van der Waals surface area contributed by atoms with Crippen LogP contribution in [-0.4, -0.2) is 65.7 Å². The molecule has 0 bridgehead atoms. The van der Waals surface area contributed by atoms with Crippen molar-refractivity contribution in [2.75, 3.05) is 18.5 Å². The second kappa shape index (κ2) is 13.5. The third kappa shape index (κ3) is 7.77. The molecule has 14 heteroatoms. The number of ether oxygens (including phenoxy) is 1. The molecule has 40 heavy (non-hydrogen) atoms. The Hall–Kier alpha value is -4.49. The van der Waals surface area contributed by atoms with Gasteiger partial charge in [0, 0.05) is 32.0 Å². The summed E-state index contributed by atoms with van der Waals surface area (Å²) in [5, 5.41) is 10.4. The molecule has 6 N–H and O–H groups in total. The summed E-state index contributed by atoms with van der Waals surface area (Å²) in [6.07, 6.45) is 1.70. The van der Waals surface area contributed by atoms with E-state index in [1.807, 2.05) is 0 Å². The normalized spacial score (nSPS) is 16.4. The van der Waals surface area contributed by atoms with Crippen LogP contribution < -0.4 is 27.0 Å². The lowest BCUT2D eigenvalue weighted by Crippen LogP contribution is -2.59. The molecule has 14 nitrogen and oxygen atoms in total. The van der Waals surface area contributed by atoms with Crippen LogP contribution in [0.4, 0.5) is 10.5 Å². The van der Waals surface area contributed by atoms with Crippen LogP contribution >= 0.6 is 0 Å². The van der Waals surface area contributed by atoms with Crippen molar-refractivity contribution in [1.82, 2.24) is 20.9 Å². The van der Waals surface area contributed by atoms with Crippen molar-refractivity contribution in [2.24, 2.45) is 11.1 Å². The van der Waals surface area contributed by atoms with Crippen molar-refractivity contribution >= 4 is 47.2 Å². The number of urea groups is 1. The van der Waals surface area contributed by atoms with Crippen LogP contribution in [0, 0.1) is 5.41 Å². The molecule has 216 valence electrons. The number of amides is 7. The van der Waals surface area contributed by atoms with Crippen LogP contribution in [0.15, 0.2) is 24.3 Å². The Kier molecular flexibility index (Phi) is 10.2. The predicted octanol–water partition coefficient (Wildman–Crippen LogP) is 0.0145. The molecule has 1 aromatic carbocycles. The van der Waals surface area contributed by atoms with Gasteiger partial charge in [0.15, 0.2) is 0 Å². The largest absolute Gasteiger partial charge is 0.461 e. The monoisotopic (exact) mass is 558 g/mol. The van der Waals surface area contributed by atoms with Gasteiger partial charge < -0.3 is 31.7 Å². The first-order valence-corrected chi connectivity index (χ1v) is 13.0. The van der Waals surface area contributed by atoms with E-state index in [2.05, 4.69) is 21.3 Å². The van der Waals surface area contributed by atoms with Crippen molar-refractivity contribution in [3.05, 3.63) is 29.8 Å². The number of imide groups is 1. The number of carbonyl (C=O) groups excluding carboxylic acids is 7. The van der Waals surface area contributed by atoms with Crippen molar-refractivity contribution in [3.8, 4) is 0 Å². The lowest BCUT2D eigenvalue weighted by Gasteiger charge is -2.39. The van der Waals surface area contributed by atoms with Gasteiger partial charge in [-0.15, -0.1) is 0 Å². The van der Waals surface area contributed by atoms with Crippen LogP contribution in [0.25, 0.3) is 0 Å². The second-order valence-electron chi connectivity index (χ2n) is 9.74. The number of nitrogens with one attached hydrogen (secondary N) is 4. The van der Waals surface area contributed by atoms with E-state index in [4.69, 9.17) is 10.5 Å². The minimum Gasteiger partial charge on any atom is -0.461 e. The van der Waals surface area contributed by atoms with E-state index >= 15 is 0 Å². The third-order valence-electron chi connectivity index (χ3n) is 6.88. The first kappa shape index (κ1) is 30.1. The van der Waals surface area contributed by atoms with Gasteiger partial charge in [0.1, 0.15) is 24.7 Å². The van der Waals surface area contributed by atoms with Crippen molar-refractivity contribution in [2.45, 2.75) is 64.5 Å². The maximum absolute atomic E-state index is 13.4. The Labute approximate surface area is 230 Å². The van der Waals surface area contributed by atoms with E-state index in [9.17, 15) is 33.6 Å². The first-order valence-electron chi connectivity index (χ1n) is 13.0. The fourth-order valence-corrected chi connectivity index (χ4v) is 4.39. The fourth-order valence-electron chi connectivity index (χ4n) is 4.39. The minimum atomic E-state index is -1.44. The molecule has 0 radical (unpaired) electrons. The van der Waals surface area contributed by atoms with Crippen LogP contribution in [0.1, 0.15) is 57.4 Å². The molecule has 2 fully saturated rings. The van der Waals surface area contributed by atoms with Crippen molar-refractivity contribution in [3.63, 3.8) is 0 Å². The van der Waals surface area contributed by atoms with Gasteiger partial charge in [0.25, 0.3) is 0 Å². The number of benzene rings is 1. The Morgan fingerprint density at radius 3 is 2.20 bits per heavy atom. The molecule has 1 aliphatic heterocycles. The number of hydrogen-bond donors (Lipinski definition) is 5. The van der Waals surface area contributed by atoms with Crippen molar-refractivity contribution in [1.29, 1.82) is 0 Å². The van der Waals surface area contributed by atoms with Crippen LogP contribution in [0.3, 0.4) is 0 Å². The average molecular weight is 559 g/mol. The number of nitrogens with zero attached hydrogens (tertiary/aromatic N) is 1. The van der Waals surface area contributed by atoms with E-state index in [1.54, 1.807) is 24.3 Å². The van der Waals surface area contributed by atoms with Gasteiger partial charge in [-0.2, -0.15) is 0 Å². The number of hydrogen-bond acceptors (Lipinski definition) is 8. The van der Waals surface area contributed by atoms with E-state index in [-0.39, 0.29) is 51.9 Å². The Morgan fingerprint density at radius 1 is 1.00 bits per heavy atom. The van der Waals surface area contributed by atoms with Gasteiger partial charge in [-0.3, -0.25) is 33.7 Å². The van der Waals surface area contributed by atoms with Crippen molar-refractivity contribution < 1.29 is 38.3 Å². The highest BCUT2D eigenvalue weighted by Gasteiger charge is 2.51. The first-order chi connectivity index (χ1) is 19.0. The number of rotatable bonds is 13. The summed E-state index contributed by atoms with van der Waals surface area (Å²) in [4.78, 5) is 86.2. The SMILES string of the molecule is CC(=O)OCc1ccc(NC(=O)[C@H](CCCNC(N)=O)NC(=O)C2(C(=O)NCN3C(=O)CCC3=O)CCC2)cc1. The Balaban J connectivity index is 1.65. The summed E-state index contributed by atoms with van der Waals surface area (Å²) < 4.78 is 4.95. The molecule has 3 rings (SSSR count). The highest BCUT2D eigenvalue weighted by atomic mass is 16.5. The molecule has 0 aromatic heterocycles. The molecule has 1 atom stereocenters. The van der Waals surface area contributed by atoms with E-state index in [0.717, 1.165) is 4.90 Å².